The van der Waals surface area contributed by atoms with E-state index < -0.39 is 0 Å². The summed E-state index contributed by atoms with van der Waals surface area (Å²) in [6.07, 6.45) is 0.719. The van der Waals surface area contributed by atoms with Crippen molar-refractivity contribution in [3.8, 4) is 0 Å². The number of hydrogen-bond donors (Lipinski definition) is 2. The Morgan fingerprint density at radius 2 is 1.77 bits per heavy atom. The number of para-hydroxylation sites is 1. The Bertz CT molecular complexity index is 885. The number of carbonyl (C=O) groups is 1. The molecule has 0 bridgehead atoms. The van der Waals surface area contributed by atoms with Crippen molar-refractivity contribution in [3.05, 3.63) is 82.8 Å². The van der Waals surface area contributed by atoms with Gasteiger partial charge in [-0.05, 0) is 48.4 Å². The Balaban J connectivity index is 1.53. The van der Waals surface area contributed by atoms with E-state index in [9.17, 15) is 9.18 Å². The highest BCUT2D eigenvalue weighted by molar-refractivity contribution is 6.33. The molecule has 0 saturated heterocycles. The molecule has 0 spiro atoms. The first-order chi connectivity index (χ1) is 12.6. The minimum atomic E-state index is -0.386. The second-order valence-corrected chi connectivity index (χ2v) is 5.95. The monoisotopic (exact) mass is 370 g/mol. The number of hydrogen-bond acceptors (Lipinski definition) is 4. The molecule has 0 fully saturated rings. The van der Waals surface area contributed by atoms with Crippen LogP contribution < -0.4 is 10.6 Å². The number of aromatic nitrogens is 2. The highest BCUT2D eigenvalue weighted by Gasteiger charge is 2.10. The van der Waals surface area contributed by atoms with E-state index >= 15 is 0 Å². The highest BCUT2D eigenvalue weighted by Crippen LogP contribution is 2.20. The van der Waals surface area contributed by atoms with Crippen molar-refractivity contribution in [2.45, 2.75) is 6.42 Å². The van der Waals surface area contributed by atoms with E-state index in [4.69, 9.17) is 11.6 Å². The summed E-state index contributed by atoms with van der Waals surface area (Å²) < 4.78 is 12.9. The number of nitrogens with zero attached hydrogens (tertiary/aromatic N) is 2. The summed E-state index contributed by atoms with van der Waals surface area (Å²) in [7, 11) is 0. The molecular weight excluding hydrogens is 355 g/mol. The molecule has 1 aromatic heterocycles. The van der Waals surface area contributed by atoms with Crippen LogP contribution in [0.5, 0.6) is 0 Å². The van der Waals surface area contributed by atoms with Crippen molar-refractivity contribution < 1.29 is 9.18 Å². The maximum Gasteiger partial charge on any atom is 0.276 e. The van der Waals surface area contributed by atoms with Crippen molar-refractivity contribution in [2.75, 3.05) is 17.2 Å². The van der Waals surface area contributed by atoms with Gasteiger partial charge in [0.05, 0.1) is 10.7 Å². The van der Waals surface area contributed by atoms with Crippen LogP contribution in [0, 0.1) is 5.82 Å². The molecule has 0 aliphatic rings. The SMILES string of the molecule is O=C(Nc1ccccc1Cl)c1ccc(NCCc2ccc(F)cc2)nn1. The molecule has 0 atom stereocenters. The fourth-order valence-electron chi connectivity index (χ4n) is 2.28. The molecular formula is C19H16ClFN4O. The largest absolute Gasteiger partial charge is 0.368 e. The fourth-order valence-corrected chi connectivity index (χ4v) is 2.47. The van der Waals surface area contributed by atoms with Crippen LogP contribution in [-0.4, -0.2) is 22.6 Å². The number of carbonyl (C=O) groups excluding carboxylic acids is 1. The van der Waals surface area contributed by atoms with Crippen LogP contribution in [0.4, 0.5) is 15.9 Å². The van der Waals surface area contributed by atoms with Gasteiger partial charge in [-0.25, -0.2) is 4.39 Å². The minimum absolute atomic E-state index is 0.189. The van der Waals surface area contributed by atoms with Crippen molar-refractivity contribution in [3.63, 3.8) is 0 Å². The van der Waals surface area contributed by atoms with Gasteiger partial charge in [0.15, 0.2) is 5.69 Å². The Kier molecular flexibility index (Phi) is 5.76. The van der Waals surface area contributed by atoms with Crippen LogP contribution in [-0.2, 0) is 6.42 Å². The average molecular weight is 371 g/mol. The predicted molar refractivity (Wildman–Crippen MR) is 100 cm³/mol. The third-order valence-electron chi connectivity index (χ3n) is 3.65. The zero-order valence-corrected chi connectivity index (χ0v) is 14.5. The van der Waals surface area contributed by atoms with Crippen molar-refractivity contribution in [2.24, 2.45) is 0 Å². The van der Waals surface area contributed by atoms with Gasteiger partial charge in [0.2, 0.25) is 0 Å². The lowest BCUT2D eigenvalue weighted by atomic mass is 10.1. The summed E-state index contributed by atoms with van der Waals surface area (Å²) in [6, 6.07) is 16.6. The summed E-state index contributed by atoms with van der Waals surface area (Å²) in [4.78, 5) is 12.2. The molecule has 5 nitrogen and oxygen atoms in total. The molecule has 26 heavy (non-hydrogen) atoms. The second-order valence-electron chi connectivity index (χ2n) is 5.54. The predicted octanol–water partition coefficient (Wildman–Crippen LogP) is 4.18. The third kappa shape index (κ3) is 4.77. The number of rotatable bonds is 6. The third-order valence-corrected chi connectivity index (χ3v) is 3.98. The summed E-state index contributed by atoms with van der Waals surface area (Å²) >= 11 is 6.02. The first kappa shape index (κ1) is 17.8. The Labute approximate surface area is 155 Å². The van der Waals surface area contributed by atoms with Gasteiger partial charge in [-0.15, -0.1) is 10.2 Å². The number of halogens is 2. The number of nitrogens with one attached hydrogen (secondary N) is 2. The van der Waals surface area contributed by atoms with Crippen LogP contribution in [0.2, 0.25) is 5.02 Å². The smallest absolute Gasteiger partial charge is 0.276 e. The molecule has 3 rings (SSSR count). The quantitative estimate of drug-likeness (QED) is 0.683. The van der Waals surface area contributed by atoms with Crippen LogP contribution in [0.3, 0.4) is 0 Å². The zero-order valence-electron chi connectivity index (χ0n) is 13.7. The minimum Gasteiger partial charge on any atom is -0.368 e. The van der Waals surface area contributed by atoms with E-state index in [-0.39, 0.29) is 17.4 Å². The van der Waals surface area contributed by atoms with Crippen LogP contribution in [0.25, 0.3) is 0 Å². The van der Waals surface area contributed by atoms with Gasteiger partial charge in [-0.3, -0.25) is 4.79 Å². The fraction of sp³-hybridized carbons (Fsp3) is 0.105. The standard InChI is InChI=1S/C19H16ClFN4O/c20-15-3-1-2-4-16(15)23-19(26)17-9-10-18(25-24-17)22-12-11-13-5-7-14(21)8-6-13/h1-10H,11-12H2,(H,22,25)(H,23,26). The maximum atomic E-state index is 12.9. The molecule has 0 aliphatic carbocycles. The zero-order chi connectivity index (χ0) is 18.4. The molecule has 2 aromatic carbocycles. The Morgan fingerprint density at radius 3 is 2.46 bits per heavy atom. The second kappa shape index (κ2) is 8.40. The van der Waals surface area contributed by atoms with E-state index in [1.807, 2.05) is 0 Å². The van der Waals surface area contributed by atoms with E-state index in [0.717, 1.165) is 12.0 Å². The Hall–Kier alpha value is -2.99. The molecule has 1 heterocycles. The molecule has 7 heteroatoms. The lowest BCUT2D eigenvalue weighted by Gasteiger charge is -2.07. The van der Waals surface area contributed by atoms with Crippen molar-refractivity contribution >= 4 is 29.0 Å². The summed E-state index contributed by atoms with van der Waals surface area (Å²) in [5.41, 5.74) is 1.72. The first-order valence-corrected chi connectivity index (χ1v) is 8.37. The van der Waals surface area contributed by atoms with Crippen LogP contribution >= 0.6 is 11.6 Å². The number of anilines is 2. The molecule has 0 saturated carbocycles. The van der Waals surface area contributed by atoms with Gasteiger partial charge in [-0.2, -0.15) is 0 Å². The lowest BCUT2D eigenvalue weighted by molar-refractivity contribution is 0.102. The average Bonchev–Trinajstić information content (AvgIpc) is 2.66. The van der Waals surface area contributed by atoms with Crippen LogP contribution in [0.15, 0.2) is 60.7 Å². The van der Waals surface area contributed by atoms with E-state index in [1.54, 1.807) is 48.5 Å². The van der Waals surface area contributed by atoms with Gasteiger partial charge < -0.3 is 10.6 Å². The van der Waals surface area contributed by atoms with E-state index in [0.29, 0.717) is 23.1 Å². The van der Waals surface area contributed by atoms with Gasteiger partial charge in [0.1, 0.15) is 11.6 Å². The van der Waals surface area contributed by atoms with Gasteiger partial charge >= 0.3 is 0 Å². The van der Waals surface area contributed by atoms with Crippen molar-refractivity contribution in [1.29, 1.82) is 0 Å². The molecule has 3 aromatic rings. The Morgan fingerprint density at radius 1 is 1.00 bits per heavy atom. The van der Waals surface area contributed by atoms with E-state index in [1.165, 1.54) is 12.1 Å². The normalized spacial score (nSPS) is 10.4. The molecule has 0 aliphatic heterocycles. The van der Waals surface area contributed by atoms with Crippen molar-refractivity contribution in [1.82, 2.24) is 10.2 Å². The van der Waals surface area contributed by atoms with E-state index in [2.05, 4.69) is 20.8 Å². The number of amides is 1. The lowest BCUT2D eigenvalue weighted by Crippen LogP contribution is -2.15. The van der Waals surface area contributed by atoms with Crippen LogP contribution in [0.1, 0.15) is 16.1 Å². The van der Waals surface area contributed by atoms with Gasteiger partial charge in [0, 0.05) is 6.54 Å². The number of benzene rings is 2. The highest BCUT2D eigenvalue weighted by atomic mass is 35.5. The molecule has 0 radical (unpaired) electrons. The summed E-state index contributed by atoms with van der Waals surface area (Å²) in [6.45, 7) is 0.617. The molecule has 132 valence electrons. The topological polar surface area (TPSA) is 66.9 Å². The molecule has 0 unspecified atom stereocenters. The first-order valence-electron chi connectivity index (χ1n) is 8.00. The molecule has 2 N–H and O–H groups in total. The molecule has 1 amide bonds. The van der Waals surface area contributed by atoms with Gasteiger partial charge in [0.25, 0.3) is 5.91 Å². The summed E-state index contributed by atoms with van der Waals surface area (Å²) in [5, 5.41) is 14.2. The summed E-state index contributed by atoms with van der Waals surface area (Å²) in [5.74, 6) is -0.0805. The van der Waals surface area contributed by atoms with Gasteiger partial charge in [-0.1, -0.05) is 35.9 Å². The maximum absolute atomic E-state index is 12.9.